The summed E-state index contributed by atoms with van der Waals surface area (Å²) in [5.74, 6) is 0.476. The molecule has 1 aromatic rings. The molecule has 0 radical (unpaired) electrons. The van der Waals surface area contributed by atoms with Gasteiger partial charge in [0, 0.05) is 0 Å². The van der Waals surface area contributed by atoms with Gasteiger partial charge in [-0.1, -0.05) is 23.8 Å². The third-order valence-electron chi connectivity index (χ3n) is 3.30. The van der Waals surface area contributed by atoms with Crippen LogP contribution in [0.4, 0.5) is 0 Å². The number of benzene rings is 1. The number of hydrogen-bond acceptors (Lipinski definition) is 1. The molecule has 0 amide bonds. The van der Waals surface area contributed by atoms with Gasteiger partial charge in [0.1, 0.15) is 0 Å². The standard InChI is InChI=1S/C13H18O/c1-9-4-7-12(10(2)8-9)13(3,14)11-5-6-11/h4,7-8,11,14H,5-6H2,1-3H3/t13-/m0/s1. The van der Waals surface area contributed by atoms with Gasteiger partial charge in [-0.25, -0.2) is 0 Å². The van der Waals surface area contributed by atoms with Crippen molar-refractivity contribution >= 4 is 0 Å². The van der Waals surface area contributed by atoms with Crippen molar-refractivity contribution in [3.05, 3.63) is 34.9 Å². The Morgan fingerprint density at radius 3 is 2.43 bits per heavy atom. The Bertz CT molecular complexity index is 348. The third-order valence-corrected chi connectivity index (χ3v) is 3.30. The number of aliphatic hydroxyl groups is 1. The first-order chi connectivity index (χ1) is 6.51. The zero-order valence-corrected chi connectivity index (χ0v) is 9.17. The van der Waals surface area contributed by atoms with Crippen LogP contribution in [0.3, 0.4) is 0 Å². The Labute approximate surface area is 85.8 Å². The lowest BCUT2D eigenvalue weighted by molar-refractivity contribution is 0.0324. The summed E-state index contributed by atoms with van der Waals surface area (Å²) in [7, 11) is 0. The Morgan fingerprint density at radius 2 is 1.93 bits per heavy atom. The highest BCUT2D eigenvalue weighted by molar-refractivity contribution is 5.35. The molecule has 0 bridgehead atoms. The average molecular weight is 190 g/mol. The van der Waals surface area contributed by atoms with E-state index < -0.39 is 5.60 Å². The molecule has 2 rings (SSSR count). The summed E-state index contributed by atoms with van der Waals surface area (Å²) in [4.78, 5) is 0. The second-order valence-electron chi connectivity index (χ2n) is 4.74. The molecule has 76 valence electrons. The number of aryl methyl sites for hydroxylation is 2. The van der Waals surface area contributed by atoms with Gasteiger partial charge < -0.3 is 5.11 Å². The highest BCUT2D eigenvalue weighted by Gasteiger charge is 2.41. The van der Waals surface area contributed by atoms with Crippen LogP contribution in [0.5, 0.6) is 0 Å². The van der Waals surface area contributed by atoms with E-state index in [1.165, 1.54) is 24.0 Å². The predicted molar refractivity (Wildman–Crippen MR) is 58.2 cm³/mol. The molecule has 1 aromatic carbocycles. The summed E-state index contributed by atoms with van der Waals surface area (Å²) in [5, 5.41) is 10.4. The van der Waals surface area contributed by atoms with Crippen molar-refractivity contribution in [2.75, 3.05) is 0 Å². The van der Waals surface area contributed by atoms with E-state index in [0.717, 1.165) is 5.56 Å². The normalized spacial score (nSPS) is 20.6. The van der Waals surface area contributed by atoms with Crippen molar-refractivity contribution in [3.63, 3.8) is 0 Å². The molecule has 0 saturated heterocycles. The molecule has 0 aromatic heterocycles. The smallest absolute Gasteiger partial charge is 0.0899 e. The van der Waals surface area contributed by atoms with Gasteiger partial charge in [-0.2, -0.15) is 0 Å². The molecule has 1 saturated carbocycles. The highest BCUT2D eigenvalue weighted by Crippen LogP contribution is 2.46. The van der Waals surface area contributed by atoms with Gasteiger partial charge in [0.2, 0.25) is 0 Å². The molecular weight excluding hydrogens is 172 g/mol. The van der Waals surface area contributed by atoms with E-state index in [0.29, 0.717) is 5.92 Å². The first kappa shape index (κ1) is 9.72. The lowest BCUT2D eigenvalue weighted by Crippen LogP contribution is -2.24. The van der Waals surface area contributed by atoms with E-state index >= 15 is 0 Å². The summed E-state index contributed by atoms with van der Waals surface area (Å²) in [6.07, 6.45) is 2.33. The van der Waals surface area contributed by atoms with Crippen LogP contribution in [0.15, 0.2) is 18.2 Å². The van der Waals surface area contributed by atoms with E-state index in [1.807, 2.05) is 6.92 Å². The summed E-state index contributed by atoms with van der Waals surface area (Å²) in [5.41, 5.74) is 2.96. The van der Waals surface area contributed by atoms with Gasteiger partial charge >= 0.3 is 0 Å². The second-order valence-corrected chi connectivity index (χ2v) is 4.74. The van der Waals surface area contributed by atoms with Crippen molar-refractivity contribution in [1.82, 2.24) is 0 Å². The van der Waals surface area contributed by atoms with Crippen LogP contribution in [-0.2, 0) is 5.60 Å². The molecule has 0 unspecified atom stereocenters. The fraction of sp³-hybridized carbons (Fsp3) is 0.538. The van der Waals surface area contributed by atoms with Gasteiger partial charge in [-0.15, -0.1) is 0 Å². The topological polar surface area (TPSA) is 20.2 Å². The molecule has 1 N–H and O–H groups in total. The molecule has 1 aliphatic rings. The van der Waals surface area contributed by atoms with Crippen LogP contribution < -0.4 is 0 Å². The summed E-state index contributed by atoms with van der Waals surface area (Å²) in [6.45, 7) is 6.12. The summed E-state index contributed by atoms with van der Waals surface area (Å²) >= 11 is 0. The largest absolute Gasteiger partial charge is 0.385 e. The highest BCUT2D eigenvalue weighted by atomic mass is 16.3. The third kappa shape index (κ3) is 1.57. The Morgan fingerprint density at radius 1 is 1.29 bits per heavy atom. The Kier molecular flexibility index (Phi) is 2.15. The molecule has 0 aliphatic heterocycles. The Hall–Kier alpha value is -0.820. The summed E-state index contributed by atoms with van der Waals surface area (Å²) in [6, 6.07) is 6.30. The molecule has 0 heterocycles. The van der Waals surface area contributed by atoms with Gasteiger partial charge in [0.05, 0.1) is 5.60 Å². The van der Waals surface area contributed by atoms with E-state index in [9.17, 15) is 5.11 Å². The SMILES string of the molecule is Cc1ccc([C@@](C)(O)C2CC2)c(C)c1. The molecule has 1 fully saturated rings. The van der Waals surface area contributed by atoms with E-state index in [1.54, 1.807) is 0 Å². The minimum Gasteiger partial charge on any atom is -0.385 e. The fourth-order valence-electron chi connectivity index (χ4n) is 2.25. The quantitative estimate of drug-likeness (QED) is 0.760. The predicted octanol–water partition coefficient (Wildman–Crippen LogP) is 2.92. The van der Waals surface area contributed by atoms with E-state index in [2.05, 4.69) is 32.0 Å². The van der Waals surface area contributed by atoms with Crippen molar-refractivity contribution in [2.45, 2.75) is 39.2 Å². The minimum atomic E-state index is -0.613. The van der Waals surface area contributed by atoms with Crippen LogP contribution in [-0.4, -0.2) is 5.11 Å². The van der Waals surface area contributed by atoms with E-state index in [4.69, 9.17) is 0 Å². The maximum Gasteiger partial charge on any atom is 0.0899 e. The van der Waals surface area contributed by atoms with Crippen LogP contribution in [0, 0.1) is 19.8 Å². The molecule has 1 aliphatic carbocycles. The first-order valence-corrected chi connectivity index (χ1v) is 5.32. The summed E-state index contributed by atoms with van der Waals surface area (Å²) < 4.78 is 0. The molecule has 1 heteroatoms. The maximum absolute atomic E-state index is 10.4. The van der Waals surface area contributed by atoms with Gasteiger partial charge in [-0.3, -0.25) is 0 Å². The lowest BCUT2D eigenvalue weighted by atomic mass is 9.87. The van der Waals surface area contributed by atoms with Crippen LogP contribution in [0.2, 0.25) is 0 Å². The monoisotopic (exact) mass is 190 g/mol. The first-order valence-electron chi connectivity index (χ1n) is 5.32. The lowest BCUT2D eigenvalue weighted by Gasteiger charge is -2.25. The number of hydrogen-bond donors (Lipinski definition) is 1. The van der Waals surface area contributed by atoms with Gasteiger partial charge in [0.15, 0.2) is 0 Å². The van der Waals surface area contributed by atoms with Crippen molar-refractivity contribution in [1.29, 1.82) is 0 Å². The molecule has 1 nitrogen and oxygen atoms in total. The molecule has 14 heavy (non-hydrogen) atoms. The van der Waals surface area contributed by atoms with E-state index in [-0.39, 0.29) is 0 Å². The Balaban J connectivity index is 2.40. The second kappa shape index (κ2) is 3.09. The van der Waals surface area contributed by atoms with Crippen LogP contribution in [0.1, 0.15) is 36.5 Å². The van der Waals surface area contributed by atoms with Crippen molar-refractivity contribution in [3.8, 4) is 0 Å². The van der Waals surface area contributed by atoms with Crippen LogP contribution in [0.25, 0.3) is 0 Å². The fourth-order valence-corrected chi connectivity index (χ4v) is 2.25. The average Bonchev–Trinajstić information content (AvgIpc) is 2.84. The number of rotatable bonds is 2. The molecular formula is C13H18O. The van der Waals surface area contributed by atoms with Gasteiger partial charge in [0.25, 0.3) is 0 Å². The van der Waals surface area contributed by atoms with Crippen molar-refractivity contribution < 1.29 is 5.11 Å². The zero-order chi connectivity index (χ0) is 10.3. The zero-order valence-electron chi connectivity index (χ0n) is 9.17. The van der Waals surface area contributed by atoms with Crippen LogP contribution >= 0.6 is 0 Å². The maximum atomic E-state index is 10.4. The molecule has 1 atom stereocenters. The van der Waals surface area contributed by atoms with Gasteiger partial charge in [-0.05, 0) is 50.7 Å². The van der Waals surface area contributed by atoms with Crippen molar-refractivity contribution in [2.24, 2.45) is 5.92 Å². The molecule has 0 spiro atoms. The minimum absolute atomic E-state index is 0.476.